The minimum atomic E-state index is -0.363. The second-order valence-corrected chi connectivity index (χ2v) is 4.38. The van der Waals surface area contributed by atoms with Gasteiger partial charge in [0.2, 0.25) is 5.91 Å². The van der Waals surface area contributed by atoms with Gasteiger partial charge in [-0.2, -0.15) is 0 Å². The van der Waals surface area contributed by atoms with Crippen molar-refractivity contribution in [2.45, 2.75) is 26.3 Å². The topological polar surface area (TPSA) is 37.4 Å². The lowest BCUT2D eigenvalue weighted by Gasteiger charge is -2.28. The van der Waals surface area contributed by atoms with Crippen LogP contribution in [0.5, 0.6) is 0 Å². The summed E-state index contributed by atoms with van der Waals surface area (Å²) in [5, 5.41) is -0.123. The molecular weight excluding hydrogens is 162 g/mol. The third-order valence-electron chi connectivity index (χ3n) is 1.42. The van der Waals surface area contributed by atoms with E-state index in [1.165, 1.54) is 4.90 Å². The lowest BCUT2D eigenvalue weighted by atomic mass is 10.1. The summed E-state index contributed by atoms with van der Waals surface area (Å²) in [6.07, 6.45) is 0. The number of thioether (sulfide) groups is 1. The van der Waals surface area contributed by atoms with Crippen molar-refractivity contribution in [3.8, 4) is 0 Å². The van der Waals surface area contributed by atoms with Gasteiger partial charge in [0.15, 0.2) is 0 Å². The largest absolute Gasteiger partial charge is 0.289 e. The number of carbonyl (C=O) groups excluding carboxylic acids is 2. The molecule has 1 rings (SSSR count). The molecule has 0 N–H and O–H groups in total. The van der Waals surface area contributed by atoms with E-state index in [0.29, 0.717) is 5.75 Å². The Morgan fingerprint density at radius 2 is 1.91 bits per heavy atom. The van der Waals surface area contributed by atoms with Crippen LogP contribution in [0.1, 0.15) is 20.8 Å². The van der Waals surface area contributed by atoms with Gasteiger partial charge >= 0.3 is 0 Å². The van der Waals surface area contributed by atoms with Gasteiger partial charge in [0.25, 0.3) is 5.24 Å². The SMILES string of the molecule is CC(C)(C)N1C(=O)CSC1=O. The molecule has 0 spiro atoms. The molecule has 3 nitrogen and oxygen atoms in total. The van der Waals surface area contributed by atoms with Gasteiger partial charge in [0.05, 0.1) is 5.75 Å². The van der Waals surface area contributed by atoms with E-state index in [2.05, 4.69) is 0 Å². The molecule has 1 fully saturated rings. The first-order valence-electron chi connectivity index (χ1n) is 3.43. The van der Waals surface area contributed by atoms with Crippen LogP contribution in [0.25, 0.3) is 0 Å². The summed E-state index contributed by atoms with van der Waals surface area (Å²) in [4.78, 5) is 23.5. The van der Waals surface area contributed by atoms with Crippen LogP contribution in [0.4, 0.5) is 4.79 Å². The quantitative estimate of drug-likeness (QED) is 0.557. The summed E-state index contributed by atoms with van der Waals surface area (Å²) < 4.78 is 0. The Hall–Kier alpha value is -0.510. The fraction of sp³-hybridized carbons (Fsp3) is 0.714. The second kappa shape index (κ2) is 2.52. The lowest BCUT2D eigenvalue weighted by Crippen LogP contribution is -2.44. The third-order valence-corrected chi connectivity index (χ3v) is 2.24. The Kier molecular flexibility index (Phi) is 1.96. The Balaban J connectivity index is 2.85. The fourth-order valence-corrected chi connectivity index (χ4v) is 1.88. The van der Waals surface area contributed by atoms with Crippen LogP contribution in [-0.4, -0.2) is 27.3 Å². The van der Waals surface area contributed by atoms with Crippen molar-refractivity contribution >= 4 is 22.9 Å². The van der Waals surface area contributed by atoms with Crippen molar-refractivity contribution in [3.63, 3.8) is 0 Å². The number of imide groups is 1. The number of nitrogens with zero attached hydrogens (tertiary/aromatic N) is 1. The maximum Gasteiger partial charge on any atom is 0.289 e. The molecule has 1 aliphatic rings. The molecule has 0 radical (unpaired) electrons. The van der Waals surface area contributed by atoms with Crippen molar-refractivity contribution in [1.82, 2.24) is 4.90 Å². The first-order valence-corrected chi connectivity index (χ1v) is 4.41. The normalized spacial score (nSPS) is 19.7. The van der Waals surface area contributed by atoms with Crippen molar-refractivity contribution in [2.75, 3.05) is 5.75 Å². The van der Waals surface area contributed by atoms with Crippen LogP contribution in [0.2, 0.25) is 0 Å². The molecule has 1 saturated heterocycles. The molecule has 0 unspecified atom stereocenters. The Morgan fingerprint density at radius 1 is 1.36 bits per heavy atom. The van der Waals surface area contributed by atoms with E-state index in [1.54, 1.807) is 0 Å². The number of carbonyl (C=O) groups is 2. The zero-order chi connectivity index (χ0) is 8.65. The molecule has 1 heterocycles. The van der Waals surface area contributed by atoms with Crippen LogP contribution < -0.4 is 0 Å². The predicted octanol–water partition coefficient (Wildman–Crippen LogP) is 1.48. The Labute approximate surface area is 70.1 Å². The van der Waals surface area contributed by atoms with Gasteiger partial charge < -0.3 is 0 Å². The van der Waals surface area contributed by atoms with Crippen molar-refractivity contribution in [3.05, 3.63) is 0 Å². The number of amides is 2. The molecule has 62 valence electrons. The van der Waals surface area contributed by atoms with Crippen molar-refractivity contribution < 1.29 is 9.59 Å². The van der Waals surface area contributed by atoms with E-state index >= 15 is 0 Å². The van der Waals surface area contributed by atoms with Crippen LogP contribution in [-0.2, 0) is 4.79 Å². The molecule has 0 bridgehead atoms. The average molecular weight is 173 g/mol. The van der Waals surface area contributed by atoms with Gasteiger partial charge in [0, 0.05) is 5.54 Å². The average Bonchev–Trinajstić information content (AvgIpc) is 2.08. The van der Waals surface area contributed by atoms with Crippen LogP contribution in [0.15, 0.2) is 0 Å². The first-order chi connectivity index (χ1) is 4.93. The van der Waals surface area contributed by atoms with Gasteiger partial charge in [-0.25, -0.2) is 0 Å². The van der Waals surface area contributed by atoms with E-state index in [9.17, 15) is 9.59 Å². The molecule has 11 heavy (non-hydrogen) atoms. The first kappa shape index (κ1) is 8.59. The second-order valence-electron chi connectivity index (χ2n) is 3.45. The Bertz CT molecular complexity index is 191. The molecule has 0 aromatic heterocycles. The highest BCUT2D eigenvalue weighted by atomic mass is 32.2. The van der Waals surface area contributed by atoms with Gasteiger partial charge in [-0.3, -0.25) is 14.5 Å². The van der Waals surface area contributed by atoms with Gasteiger partial charge in [-0.1, -0.05) is 11.8 Å². The molecule has 0 saturated carbocycles. The number of hydrogen-bond acceptors (Lipinski definition) is 3. The molecule has 0 aliphatic carbocycles. The standard InChI is InChI=1S/C7H11NO2S/c1-7(2,3)8-5(9)4-11-6(8)10/h4H2,1-3H3. The van der Waals surface area contributed by atoms with E-state index in [0.717, 1.165) is 11.8 Å². The summed E-state index contributed by atoms with van der Waals surface area (Å²) in [6, 6.07) is 0. The summed E-state index contributed by atoms with van der Waals surface area (Å²) in [6.45, 7) is 5.57. The lowest BCUT2D eigenvalue weighted by molar-refractivity contribution is -0.127. The van der Waals surface area contributed by atoms with Crippen LogP contribution in [0.3, 0.4) is 0 Å². The maximum absolute atomic E-state index is 11.1. The monoisotopic (exact) mass is 173 g/mol. The zero-order valence-corrected chi connectivity index (χ0v) is 7.70. The summed E-state index contributed by atoms with van der Waals surface area (Å²) in [5.74, 6) is 0.225. The van der Waals surface area contributed by atoms with Gasteiger partial charge in [0.1, 0.15) is 0 Å². The highest BCUT2D eigenvalue weighted by molar-refractivity contribution is 8.14. The molecule has 0 atom stereocenters. The van der Waals surface area contributed by atoms with Crippen LogP contribution in [0, 0.1) is 0 Å². The van der Waals surface area contributed by atoms with Gasteiger partial charge in [-0.05, 0) is 20.8 Å². The number of rotatable bonds is 0. The molecular formula is C7H11NO2S. The highest BCUT2D eigenvalue weighted by Crippen LogP contribution is 2.26. The molecule has 2 amide bonds. The Morgan fingerprint density at radius 3 is 2.09 bits per heavy atom. The maximum atomic E-state index is 11.1. The molecule has 4 heteroatoms. The van der Waals surface area contributed by atoms with E-state index < -0.39 is 0 Å². The number of hydrogen-bond donors (Lipinski definition) is 0. The van der Waals surface area contributed by atoms with E-state index in [1.807, 2.05) is 20.8 Å². The fourth-order valence-electron chi connectivity index (χ4n) is 1.00. The van der Waals surface area contributed by atoms with Crippen molar-refractivity contribution in [2.24, 2.45) is 0 Å². The third kappa shape index (κ3) is 1.56. The molecule has 0 aromatic carbocycles. The minimum Gasteiger partial charge on any atom is -0.273 e. The predicted molar refractivity (Wildman–Crippen MR) is 44.5 cm³/mol. The smallest absolute Gasteiger partial charge is 0.273 e. The van der Waals surface area contributed by atoms with E-state index in [4.69, 9.17) is 0 Å². The summed E-state index contributed by atoms with van der Waals surface area (Å²) >= 11 is 1.08. The zero-order valence-electron chi connectivity index (χ0n) is 6.88. The van der Waals surface area contributed by atoms with Crippen molar-refractivity contribution in [1.29, 1.82) is 0 Å². The van der Waals surface area contributed by atoms with Crippen LogP contribution >= 0.6 is 11.8 Å². The minimum absolute atomic E-state index is 0.0764. The highest BCUT2D eigenvalue weighted by Gasteiger charge is 2.37. The molecule has 0 aromatic rings. The summed E-state index contributed by atoms with van der Waals surface area (Å²) in [7, 11) is 0. The molecule has 1 aliphatic heterocycles. The summed E-state index contributed by atoms with van der Waals surface area (Å²) in [5.41, 5.74) is -0.363. The van der Waals surface area contributed by atoms with E-state index in [-0.39, 0.29) is 16.7 Å². The van der Waals surface area contributed by atoms with Gasteiger partial charge in [-0.15, -0.1) is 0 Å².